The number of nitrogen functional groups attached to an aromatic ring is 1. The molecule has 1 rings (SSSR count). The Morgan fingerprint density at radius 2 is 2.39 bits per heavy atom. The average Bonchev–Trinajstić information content (AvgIpc) is 2.68. The minimum absolute atomic E-state index is 0.0232. The Morgan fingerprint density at radius 1 is 1.67 bits per heavy atom. The average molecular weight is 251 g/mol. The second-order valence-corrected chi connectivity index (χ2v) is 3.29. The molecule has 0 aliphatic rings. The molecule has 1 aromatic heterocycles. The van der Waals surface area contributed by atoms with Crippen LogP contribution in [0.2, 0.25) is 0 Å². The Bertz CT molecular complexity index is 488. The molecule has 0 radical (unpaired) electrons. The van der Waals surface area contributed by atoms with Gasteiger partial charge in [-0.1, -0.05) is 0 Å². The summed E-state index contributed by atoms with van der Waals surface area (Å²) in [5, 5.41) is 14.5. The monoisotopic (exact) mass is 251 g/mol. The van der Waals surface area contributed by atoms with Crippen LogP contribution in [0.5, 0.6) is 0 Å². The molecule has 1 amide bonds. The lowest BCUT2D eigenvalue weighted by atomic mass is 10.4. The second kappa shape index (κ2) is 6.24. The first-order chi connectivity index (χ1) is 8.58. The first-order valence-electron chi connectivity index (χ1n) is 5.22. The third-order valence-corrected chi connectivity index (χ3v) is 1.93. The Morgan fingerprint density at radius 3 is 3.00 bits per heavy atom. The molecule has 8 heteroatoms. The summed E-state index contributed by atoms with van der Waals surface area (Å²) in [7, 11) is 0. The van der Waals surface area contributed by atoms with E-state index in [1.54, 1.807) is 13.0 Å². The Hall–Kier alpha value is -2.56. The van der Waals surface area contributed by atoms with Crippen LogP contribution >= 0.6 is 0 Å². The van der Waals surface area contributed by atoms with Gasteiger partial charge in [0.25, 0.3) is 0 Å². The Kier molecular flexibility index (Phi) is 4.68. The van der Waals surface area contributed by atoms with Crippen LogP contribution in [0.4, 0.5) is 5.69 Å². The van der Waals surface area contributed by atoms with E-state index >= 15 is 0 Å². The van der Waals surface area contributed by atoms with Crippen molar-refractivity contribution in [2.75, 3.05) is 18.9 Å². The van der Waals surface area contributed by atoms with Gasteiger partial charge in [0.1, 0.15) is 13.1 Å². The highest BCUT2D eigenvalue weighted by molar-refractivity contribution is 5.92. The number of nitrogens with two attached hydrogens (primary N) is 1. The number of amides is 1. The lowest BCUT2D eigenvalue weighted by Crippen LogP contribution is -2.28. The summed E-state index contributed by atoms with van der Waals surface area (Å²) in [4.78, 5) is 22.7. The zero-order chi connectivity index (χ0) is 13.5. The molecule has 0 saturated heterocycles. The molecular weight excluding hydrogens is 238 g/mol. The number of rotatable bonds is 5. The molecule has 0 spiro atoms. The van der Waals surface area contributed by atoms with Crippen molar-refractivity contribution in [3.05, 3.63) is 11.9 Å². The summed E-state index contributed by atoms with van der Waals surface area (Å²) in [6, 6.07) is 1.78. The molecule has 0 bridgehead atoms. The third kappa shape index (κ3) is 3.48. The number of carbonyl (C=O) groups excluding carboxylic acids is 2. The summed E-state index contributed by atoms with van der Waals surface area (Å²) in [5.74, 6) is -1.03. The predicted molar refractivity (Wildman–Crippen MR) is 61.2 cm³/mol. The van der Waals surface area contributed by atoms with Crippen molar-refractivity contribution in [3.63, 3.8) is 0 Å². The molecular formula is C10H13N5O3. The summed E-state index contributed by atoms with van der Waals surface area (Å²) in [6.45, 7) is 1.68. The fourth-order valence-electron chi connectivity index (χ4n) is 1.22. The Balaban J connectivity index is 2.70. The molecule has 1 aromatic rings. The number of ether oxygens (including phenoxy) is 1. The topological polar surface area (TPSA) is 123 Å². The second-order valence-electron chi connectivity index (χ2n) is 3.29. The first-order valence-corrected chi connectivity index (χ1v) is 5.22. The van der Waals surface area contributed by atoms with Crippen molar-refractivity contribution in [2.45, 2.75) is 13.5 Å². The zero-order valence-corrected chi connectivity index (χ0v) is 9.84. The van der Waals surface area contributed by atoms with Crippen molar-refractivity contribution in [1.29, 1.82) is 5.26 Å². The van der Waals surface area contributed by atoms with E-state index in [4.69, 9.17) is 15.7 Å². The van der Waals surface area contributed by atoms with Crippen LogP contribution in [-0.4, -0.2) is 34.8 Å². The number of nitrogens with one attached hydrogen (secondary N) is 1. The number of aromatic nitrogens is 2. The number of esters is 1. The summed E-state index contributed by atoms with van der Waals surface area (Å²) < 4.78 is 5.97. The molecule has 8 nitrogen and oxygen atoms in total. The van der Waals surface area contributed by atoms with E-state index in [0.29, 0.717) is 0 Å². The van der Waals surface area contributed by atoms with Gasteiger partial charge in [0.2, 0.25) is 5.91 Å². The molecule has 0 fully saturated rings. The molecule has 0 atom stereocenters. The van der Waals surface area contributed by atoms with Crippen LogP contribution in [0.1, 0.15) is 17.4 Å². The van der Waals surface area contributed by atoms with Gasteiger partial charge in [0, 0.05) is 6.20 Å². The van der Waals surface area contributed by atoms with E-state index < -0.39 is 11.9 Å². The molecule has 96 valence electrons. The maximum absolute atomic E-state index is 11.4. The molecule has 0 unspecified atom stereocenters. The smallest absolute Gasteiger partial charge is 0.361 e. The van der Waals surface area contributed by atoms with Crippen LogP contribution in [0.15, 0.2) is 6.20 Å². The molecule has 0 saturated carbocycles. The van der Waals surface area contributed by atoms with E-state index in [0.717, 1.165) is 0 Å². The number of carbonyl (C=O) groups is 2. The van der Waals surface area contributed by atoms with Crippen LogP contribution < -0.4 is 11.1 Å². The standard InChI is InChI=1S/C10H13N5O3/c1-2-18-10(17)9-7(12)5-15(14-9)6-8(16)13-4-3-11/h5H,2,4,6,12H2,1H3,(H,13,16). The lowest BCUT2D eigenvalue weighted by molar-refractivity contribution is -0.121. The summed E-state index contributed by atoms with van der Waals surface area (Å²) in [5.41, 5.74) is 5.70. The first kappa shape index (κ1) is 13.5. The van der Waals surface area contributed by atoms with E-state index in [1.807, 2.05) is 0 Å². The van der Waals surface area contributed by atoms with E-state index in [9.17, 15) is 9.59 Å². The highest BCUT2D eigenvalue weighted by Gasteiger charge is 2.16. The van der Waals surface area contributed by atoms with Crippen molar-refractivity contribution in [3.8, 4) is 6.07 Å². The normalized spacial score (nSPS) is 9.56. The summed E-state index contributed by atoms with van der Waals surface area (Å²) in [6.07, 6.45) is 1.36. The number of anilines is 1. The Labute approximate surface area is 103 Å². The summed E-state index contributed by atoms with van der Waals surface area (Å²) >= 11 is 0. The van der Waals surface area contributed by atoms with Crippen LogP contribution in [0.3, 0.4) is 0 Å². The fraction of sp³-hybridized carbons (Fsp3) is 0.400. The fourth-order valence-corrected chi connectivity index (χ4v) is 1.22. The van der Waals surface area contributed by atoms with Gasteiger partial charge in [-0.15, -0.1) is 0 Å². The van der Waals surface area contributed by atoms with Gasteiger partial charge < -0.3 is 15.8 Å². The maximum atomic E-state index is 11.4. The van der Waals surface area contributed by atoms with Gasteiger partial charge in [-0.3, -0.25) is 9.48 Å². The highest BCUT2D eigenvalue weighted by Crippen LogP contribution is 2.10. The van der Waals surface area contributed by atoms with Crippen LogP contribution in [0.25, 0.3) is 0 Å². The molecule has 0 aliphatic carbocycles. The molecule has 18 heavy (non-hydrogen) atoms. The number of hydrogen-bond acceptors (Lipinski definition) is 6. The minimum atomic E-state index is -0.633. The van der Waals surface area contributed by atoms with Gasteiger partial charge in [-0.05, 0) is 6.92 Å². The van der Waals surface area contributed by atoms with E-state index in [2.05, 4.69) is 10.4 Å². The zero-order valence-electron chi connectivity index (χ0n) is 9.84. The molecule has 1 heterocycles. The van der Waals surface area contributed by atoms with Gasteiger partial charge >= 0.3 is 5.97 Å². The van der Waals surface area contributed by atoms with Crippen molar-refractivity contribution in [1.82, 2.24) is 15.1 Å². The van der Waals surface area contributed by atoms with Gasteiger partial charge in [0.15, 0.2) is 5.69 Å². The van der Waals surface area contributed by atoms with E-state index in [-0.39, 0.29) is 31.1 Å². The van der Waals surface area contributed by atoms with Gasteiger partial charge in [-0.25, -0.2) is 4.79 Å². The van der Waals surface area contributed by atoms with Crippen molar-refractivity contribution >= 4 is 17.6 Å². The van der Waals surface area contributed by atoms with Gasteiger partial charge in [0.05, 0.1) is 18.4 Å². The molecule has 3 N–H and O–H groups in total. The number of nitriles is 1. The van der Waals surface area contributed by atoms with Crippen LogP contribution in [-0.2, 0) is 16.1 Å². The minimum Gasteiger partial charge on any atom is -0.461 e. The van der Waals surface area contributed by atoms with Crippen molar-refractivity contribution in [2.24, 2.45) is 0 Å². The molecule has 0 aromatic carbocycles. The highest BCUT2D eigenvalue weighted by atomic mass is 16.5. The number of nitrogens with zero attached hydrogens (tertiary/aromatic N) is 3. The van der Waals surface area contributed by atoms with E-state index in [1.165, 1.54) is 10.9 Å². The number of hydrogen-bond donors (Lipinski definition) is 2. The molecule has 0 aliphatic heterocycles. The van der Waals surface area contributed by atoms with Gasteiger partial charge in [-0.2, -0.15) is 10.4 Å². The SMILES string of the molecule is CCOC(=O)c1nn(CC(=O)NCC#N)cc1N. The quantitative estimate of drug-likeness (QED) is 0.526. The predicted octanol–water partition coefficient (Wildman–Crippen LogP) is -0.718. The van der Waals surface area contributed by atoms with Crippen LogP contribution in [0, 0.1) is 11.3 Å². The third-order valence-electron chi connectivity index (χ3n) is 1.93. The maximum Gasteiger partial charge on any atom is 0.361 e. The largest absolute Gasteiger partial charge is 0.461 e. The van der Waals surface area contributed by atoms with Crippen molar-refractivity contribution < 1.29 is 14.3 Å². The lowest BCUT2D eigenvalue weighted by Gasteiger charge is -2.00.